The van der Waals surface area contributed by atoms with Crippen molar-refractivity contribution in [3.63, 3.8) is 0 Å². The fourth-order valence-corrected chi connectivity index (χ4v) is 3.95. The van der Waals surface area contributed by atoms with Crippen molar-refractivity contribution in [3.8, 4) is 6.07 Å². The van der Waals surface area contributed by atoms with Crippen LogP contribution in [0, 0.1) is 29.6 Å². The average Bonchev–Trinajstić information content (AvgIpc) is 2.74. The van der Waals surface area contributed by atoms with Gasteiger partial charge in [-0.15, -0.1) is 11.3 Å². The van der Waals surface area contributed by atoms with Crippen LogP contribution in [0.5, 0.6) is 0 Å². The highest BCUT2D eigenvalue weighted by molar-refractivity contribution is 7.10. The predicted octanol–water partition coefficient (Wildman–Crippen LogP) is 3.81. The fraction of sp³-hybridized carbons (Fsp3) is 0.643. The first kappa shape index (κ1) is 12.6. The highest BCUT2D eigenvalue weighted by Gasteiger charge is 2.43. The van der Waals surface area contributed by atoms with E-state index in [-0.39, 0.29) is 0 Å². The van der Waals surface area contributed by atoms with E-state index in [0.29, 0.717) is 5.92 Å². The molecule has 1 N–H and O–H groups in total. The minimum atomic E-state index is -0.616. The SMILES string of the molecule is Cc1ccsc1C(O)C1(C#N)CCCC(C)C1. The van der Waals surface area contributed by atoms with Crippen LogP contribution in [0.2, 0.25) is 0 Å². The number of aliphatic hydroxyl groups excluding tert-OH is 1. The maximum atomic E-state index is 10.6. The van der Waals surface area contributed by atoms with E-state index in [9.17, 15) is 10.4 Å². The van der Waals surface area contributed by atoms with Crippen molar-refractivity contribution in [2.45, 2.75) is 45.6 Å². The number of aliphatic hydroxyl groups is 1. The van der Waals surface area contributed by atoms with Crippen LogP contribution in [-0.4, -0.2) is 5.11 Å². The number of rotatable bonds is 2. The van der Waals surface area contributed by atoms with Gasteiger partial charge < -0.3 is 5.11 Å². The van der Waals surface area contributed by atoms with Gasteiger partial charge in [-0.1, -0.05) is 19.8 Å². The zero-order valence-corrected chi connectivity index (χ0v) is 11.3. The summed E-state index contributed by atoms with van der Waals surface area (Å²) in [7, 11) is 0. The molecule has 0 amide bonds. The monoisotopic (exact) mass is 249 g/mol. The van der Waals surface area contributed by atoms with Crippen LogP contribution in [0.1, 0.15) is 49.2 Å². The van der Waals surface area contributed by atoms with Gasteiger partial charge in [-0.05, 0) is 42.7 Å². The van der Waals surface area contributed by atoms with E-state index in [4.69, 9.17) is 0 Å². The number of hydrogen-bond acceptors (Lipinski definition) is 3. The number of nitriles is 1. The lowest BCUT2D eigenvalue weighted by Gasteiger charge is -2.37. The Morgan fingerprint density at radius 2 is 2.41 bits per heavy atom. The number of aryl methyl sites for hydroxylation is 1. The maximum absolute atomic E-state index is 10.6. The van der Waals surface area contributed by atoms with Crippen molar-refractivity contribution in [1.82, 2.24) is 0 Å². The van der Waals surface area contributed by atoms with Crippen LogP contribution < -0.4 is 0 Å². The van der Waals surface area contributed by atoms with Gasteiger partial charge in [0.05, 0.1) is 11.5 Å². The summed E-state index contributed by atoms with van der Waals surface area (Å²) in [6.45, 7) is 4.19. The average molecular weight is 249 g/mol. The second-order valence-electron chi connectivity index (χ2n) is 5.34. The molecule has 2 nitrogen and oxygen atoms in total. The van der Waals surface area contributed by atoms with E-state index in [0.717, 1.165) is 29.7 Å². The molecular weight excluding hydrogens is 230 g/mol. The minimum Gasteiger partial charge on any atom is -0.386 e. The lowest BCUT2D eigenvalue weighted by molar-refractivity contribution is 0.0240. The number of thiophene rings is 1. The smallest absolute Gasteiger partial charge is 0.107 e. The summed E-state index contributed by atoms with van der Waals surface area (Å²) in [6.07, 6.45) is 3.26. The largest absolute Gasteiger partial charge is 0.386 e. The molecule has 0 aliphatic heterocycles. The molecule has 92 valence electrons. The predicted molar refractivity (Wildman–Crippen MR) is 69.7 cm³/mol. The molecule has 1 aromatic heterocycles. The molecule has 1 aromatic rings. The summed E-state index contributed by atoms with van der Waals surface area (Å²) in [5.41, 5.74) is 0.545. The lowest BCUT2D eigenvalue weighted by atomic mass is 9.67. The van der Waals surface area contributed by atoms with Crippen LogP contribution in [0.3, 0.4) is 0 Å². The summed E-state index contributed by atoms with van der Waals surface area (Å²) in [5, 5.41) is 22.1. The van der Waals surface area contributed by atoms with Crippen molar-refractivity contribution in [1.29, 1.82) is 5.26 Å². The molecule has 0 aromatic carbocycles. The Balaban J connectivity index is 2.30. The molecule has 2 rings (SSSR count). The van der Waals surface area contributed by atoms with Gasteiger partial charge in [-0.3, -0.25) is 0 Å². The standard InChI is InChI=1S/C14H19NOS/c1-10-4-3-6-14(8-10,9-15)13(16)12-11(2)5-7-17-12/h5,7,10,13,16H,3-4,6,8H2,1-2H3. The molecule has 0 bridgehead atoms. The Labute approximate surface area is 107 Å². The van der Waals surface area contributed by atoms with Crippen molar-refractivity contribution < 1.29 is 5.11 Å². The van der Waals surface area contributed by atoms with E-state index < -0.39 is 11.5 Å². The summed E-state index contributed by atoms with van der Waals surface area (Å²) in [4.78, 5) is 0.973. The van der Waals surface area contributed by atoms with Crippen LogP contribution in [0.25, 0.3) is 0 Å². The van der Waals surface area contributed by atoms with Crippen molar-refractivity contribution >= 4 is 11.3 Å². The molecule has 0 saturated heterocycles. The number of hydrogen-bond donors (Lipinski definition) is 1. The molecule has 17 heavy (non-hydrogen) atoms. The Kier molecular flexibility index (Phi) is 3.56. The lowest BCUT2D eigenvalue weighted by Crippen LogP contribution is -2.32. The molecule has 1 aliphatic rings. The highest BCUT2D eigenvalue weighted by Crippen LogP contribution is 2.48. The topological polar surface area (TPSA) is 44.0 Å². The van der Waals surface area contributed by atoms with Crippen LogP contribution in [-0.2, 0) is 0 Å². The molecule has 1 heterocycles. The summed E-state index contributed by atoms with van der Waals surface area (Å²) >= 11 is 1.57. The molecule has 3 heteroatoms. The van der Waals surface area contributed by atoms with Gasteiger partial charge in [0.25, 0.3) is 0 Å². The highest BCUT2D eigenvalue weighted by atomic mass is 32.1. The molecule has 0 radical (unpaired) electrons. The van der Waals surface area contributed by atoms with Crippen LogP contribution in [0.15, 0.2) is 11.4 Å². The second-order valence-corrected chi connectivity index (χ2v) is 6.29. The molecular formula is C14H19NOS. The maximum Gasteiger partial charge on any atom is 0.107 e. The third kappa shape index (κ3) is 2.25. The summed E-state index contributed by atoms with van der Waals surface area (Å²) in [5.74, 6) is 0.540. The van der Waals surface area contributed by atoms with E-state index in [1.165, 1.54) is 6.42 Å². The van der Waals surface area contributed by atoms with Crippen molar-refractivity contribution in [2.75, 3.05) is 0 Å². The Bertz CT molecular complexity index is 434. The zero-order chi connectivity index (χ0) is 12.5. The van der Waals surface area contributed by atoms with E-state index in [2.05, 4.69) is 13.0 Å². The molecule has 1 saturated carbocycles. The van der Waals surface area contributed by atoms with Crippen LogP contribution >= 0.6 is 11.3 Å². The van der Waals surface area contributed by atoms with Crippen molar-refractivity contribution in [2.24, 2.45) is 11.3 Å². The third-order valence-electron chi connectivity index (χ3n) is 3.93. The minimum absolute atomic E-state index is 0.540. The summed E-state index contributed by atoms with van der Waals surface area (Å²) in [6, 6.07) is 4.43. The van der Waals surface area contributed by atoms with E-state index in [1.807, 2.05) is 18.4 Å². The fourth-order valence-electron chi connectivity index (χ4n) is 2.92. The first-order valence-corrected chi connectivity index (χ1v) is 7.10. The molecule has 1 fully saturated rings. The van der Waals surface area contributed by atoms with E-state index >= 15 is 0 Å². The van der Waals surface area contributed by atoms with Gasteiger partial charge >= 0.3 is 0 Å². The van der Waals surface area contributed by atoms with Crippen molar-refractivity contribution in [3.05, 3.63) is 21.9 Å². The number of nitrogens with zero attached hydrogens (tertiary/aromatic N) is 1. The van der Waals surface area contributed by atoms with Gasteiger partial charge in [-0.2, -0.15) is 5.26 Å². The molecule has 0 spiro atoms. The first-order valence-electron chi connectivity index (χ1n) is 6.22. The van der Waals surface area contributed by atoms with Crippen LogP contribution in [0.4, 0.5) is 0 Å². The van der Waals surface area contributed by atoms with Gasteiger partial charge in [0, 0.05) is 4.88 Å². The zero-order valence-electron chi connectivity index (χ0n) is 10.4. The normalized spacial score (nSPS) is 30.8. The Morgan fingerprint density at radius 3 is 2.94 bits per heavy atom. The first-order chi connectivity index (χ1) is 8.09. The van der Waals surface area contributed by atoms with Gasteiger partial charge in [0.1, 0.15) is 6.10 Å². The summed E-state index contributed by atoms with van der Waals surface area (Å²) < 4.78 is 0. The van der Waals surface area contributed by atoms with Gasteiger partial charge in [0.15, 0.2) is 0 Å². The molecule has 1 aliphatic carbocycles. The Morgan fingerprint density at radius 1 is 1.65 bits per heavy atom. The molecule has 3 atom stereocenters. The second kappa shape index (κ2) is 4.80. The van der Waals surface area contributed by atoms with Gasteiger partial charge in [0.2, 0.25) is 0 Å². The Hall–Kier alpha value is -0.850. The van der Waals surface area contributed by atoms with Gasteiger partial charge in [-0.25, -0.2) is 0 Å². The third-order valence-corrected chi connectivity index (χ3v) is 5.00. The quantitative estimate of drug-likeness (QED) is 0.866. The molecule has 3 unspecified atom stereocenters. The van der Waals surface area contributed by atoms with E-state index in [1.54, 1.807) is 11.3 Å².